The summed E-state index contributed by atoms with van der Waals surface area (Å²) in [5, 5.41) is 30.4. The summed E-state index contributed by atoms with van der Waals surface area (Å²) in [6.07, 6.45) is -2.41. The summed E-state index contributed by atoms with van der Waals surface area (Å²) in [6, 6.07) is 0. The van der Waals surface area contributed by atoms with Gasteiger partial charge in [0.25, 0.3) is 0 Å². The van der Waals surface area contributed by atoms with Crippen LogP contribution >= 0.6 is 0 Å². The zero-order valence-corrected chi connectivity index (χ0v) is 15.2. The second-order valence-electron chi connectivity index (χ2n) is 8.35. The first-order valence-electron chi connectivity index (χ1n) is 7.21. The number of ketones is 1. The average Bonchev–Trinajstić information content (AvgIpc) is 2.23. The van der Waals surface area contributed by atoms with E-state index in [1.165, 1.54) is 0 Å². The summed E-state index contributed by atoms with van der Waals surface area (Å²) in [7, 11) is -2.14. The normalized spacial score (nSPS) is 18.6. The lowest BCUT2D eigenvalue weighted by Gasteiger charge is -2.42. The van der Waals surface area contributed by atoms with Gasteiger partial charge in [-0.2, -0.15) is 0 Å². The Labute approximate surface area is 124 Å². The van der Waals surface area contributed by atoms with Crippen molar-refractivity contribution in [3.63, 3.8) is 0 Å². The van der Waals surface area contributed by atoms with Crippen molar-refractivity contribution >= 4 is 13.9 Å². The third-order valence-electron chi connectivity index (χ3n) is 4.54. The van der Waals surface area contributed by atoms with Crippen LogP contribution in [0.2, 0.25) is 18.1 Å². The van der Waals surface area contributed by atoms with Crippen LogP contribution in [0.4, 0.5) is 0 Å². The standard InChI is InChI=1S/C15H32O4Si/c1-14(2,3)12(18)10(16)9-11(17)13(19)20(7,8)15(4,5)6/h10-11,13,16-17,19H,9H2,1-8H3. The number of carbonyl (C=O) groups is 1. The van der Waals surface area contributed by atoms with Gasteiger partial charge in [-0.3, -0.25) is 4.79 Å². The molecule has 0 aromatic heterocycles. The molecule has 3 unspecified atom stereocenters. The van der Waals surface area contributed by atoms with Crippen molar-refractivity contribution in [1.29, 1.82) is 0 Å². The fourth-order valence-electron chi connectivity index (χ4n) is 1.89. The van der Waals surface area contributed by atoms with E-state index in [0.29, 0.717) is 0 Å². The molecule has 120 valence electrons. The number of hydrogen-bond donors (Lipinski definition) is 3. The van der Waals surface area contributed by atoms with Gasteiger partial charge < -0.3 is 15.3 Å². The third kappa shape index (κ3) is 4.65. The first-order chi connectivity index (χ1) is 8.62. The van der Waals surface area contributed by atoms with Crippen LogP contribution in [-0.2, 0) is 4.79 Å². The fraction of sp³-hybridized carbons (Fsp3) is 0.933. The van der Waals surface area contributed by atoms with E-state index in [0.717, 1.165) is 0 Å². The van der Waals surface area contributed by atoms with Gasteiger partial charge in [0.15, 0.2) is 5.78 Å². The molecular formula is C15H32O4Si. The van der Waals surface area contributed by atoms with Crippen LogP contribution in [0.5, 0.6) is 0 Å². The molecule has 4 nitrogen and oxygen atoms in total. The smallest absolute Gasteiger partial charge is 0.166 e. The van der Waals surface area contributed by atoms with E-state index in [2.05, 4.69) is 0 Å². The highest BCUT2D eigenvalue weighted by Gasteiger charge is 2.45. The molecular weight excluding hydrogens is 272 g/mol. The molecule has 0 rings (SSSR count). The summed E-state index contributed by atoms with van der Waals surface area (Å²) in [5.74, 6) is -0.306. The molecule has 0 spiro atoms. The number of carbonyl (C=O) groups excluding carboxylic acids is 1. The molecule has 5 heteroatoms. The van der Waals surface area contributed by atoms with Crippen molar-refractivity contribution in [2.45, 2.75) is 84.0 Å². The molecule has 0 amide bonds. The van der Waals surface area contributed by atoms with Crippen molar-refractivity contribution < 1.29 is 20.1 Å². The van der Waals surface area contributed by atoms with E-state index in [-0.39, 0.29) is 17.2 Å². The van der Waals surface area contributed by atoms with Gasteiger partial charge in [0.05, 0.1) is 19.9 Å². The fourth-order valence-corrected chi connectivity index (χ4v) is 3.87. The van der Waals surface area contributed by atoms with Crippen molar-refractivity contribution in [3.8, 4) is 0 Å². The number of hydrogen-bond acceptors (Lipinski definition) is 4. The maximum absolute atomic E-state index is 11.9. The highest BCUT2D eigenvalue weighted by atomic mass is 28.3. The van der Waals surface area contributed by atoms with Crippen LogP contribution in [0.1, 0.15) is 48.0 Å². The van der Waals surface area contributed by atoms with Gasteiger partial charge in [-0.15, -0.1) is 0 Å². The zero-order chi connectivity index (χ0) is 16.5. The van der Waals surface area contributed by atoms with Crippen LogP contribution in [0.15, 0.2) is 0 Å². The number of aliphatic hydroxyl groups excluding tert-OH is 3. The molecule has 0 bridgehead atoms. The molecule has 0 aliphatic rings. The lowest BCUT2D eigenvalue weighted by atomic mass is 9.86. The van der Waals surface area contributed by atoms with Crippen LogP contribution in [0.25, 0.3) is 0 Å². The van der Waals surface area contributed by atoms with Crippen LogP contribution in [-0.4, -0.2) is 47.1 Å². The van der Waals surface area contributed by atoms with Gasteiger partial charge in [0, 0.05) is 11.8 Å². The number of rotatable bonds is 5. The largest absolute Gasteiger partial charge is 0.394 e. The predicted octanol–water partition coefficient (Wildman–Crippen LogP) is 2.12. The van der Waals surface area contributed by atoms with E-state index < -0.39 is 31.4 Å². The summed E-state index contributed by atoms with van der Waals surface area (Å²) >= 11 is 0. The quantitative estimate of drug-likeness (QED) is 0.680. The molecule has 20 heavy (non-hydrogen) atoms. The van der Waals surface area contributed by atoms with Gasteiger partial charge in [0.2, 0.25) is 0 Å². The van der Waals surface area contributed by atoms with Gasteiger partial charge in [-0.1, -0.05) is 54.6 Å². The topological polar surface area (TPSA) is 77.8 Å². The minimum absolute atomic E-state index is 0.0770. The summed E-state index contributed by atoms with van der Waals surface area (Å²) in [6.45, 7) is 15.4. The summed E-state index contributed by atoms with van der Waals surface area (Å²) in [4.78, 5) is 11.9. The average molecular weight is 305 g/mol. The van der Waals surface area contributed by atoms with E-state index >= 15 is 0 Å². The molecule has 0 fully saturated rings. The highest BCUT2D eigenvalue weighted by molar-refractivity contribution is 6.81. The Morgan fingerprint density at radius 2 is 1.40 bits per heavy atom. The Morgan fingerprint density at radius 1 is 1.00 bits per heavy atom. The number of Topliss-reactive ketones (excluding diaryl/α,β-unsaturated/α-hetero) is 1. The molecule has 0 saturated carbocycles. The Hall–Kier alpha value is -0.233. The molecule has 0 aromatic rings. The van der Waals surface area contributed by atoms with Gasteiger partial charge in [-0.25, -0.2) is 0 Å². The minimum atomic E-state index is -2.14. The van der Waals surface area contributed by atoms with Gasteiger partial charge in [-0.05, 0) is 5.04 Å². The van der Waals surface area contributed by atoms with Crippen molar-refractivity contribution in [1.82, 2.24) is 0 Å². The van der Waals surface area contributed by atoms with E-state index in [1.54, 1.807) is 20.8 Å². The molecule has 0 radical (unpaired) electrons. The Bertz CT molecular complexity index is 339. The number of aliphatic hydroxyl groups is 3. The molecule has 3 atom stereocenters. The molecule has 0 saturated heterocycles. The van der Waals surface area contributed by atoms with Gasteiger partial charge >= 0.3 is 0 Å². The SMILES string of the molecule is CC(C)(C)C(=O)C(O)CC(O)C(O)[Si](C)(C)C(C)(C)C. The molecule has 0 aliphatic heterocycles. The Morgan fingerprint density at radius 3 is 1.70 bits per heavy atom. The maximum Gasteiger partial charge on any atom is 0.166 e. The van der Waals surface area contributed by atoms with Gasteiger partial charge in [0.1, 0.15) is 6.10 Å². The predicted molar refractivity (Wildman–Crippen MR) is 84.3 cm³/mol. The van der Waals surface area contributed by atoms with Crippen molar-refractivity contribution in [2.75, 3.05) is 0 Å². The van der Waals surface area contributed by atoms with Crippen LogP contribution in [0.3, 0.4) is 0 Å². The van der Waals surface area contributed by atoms with Crippen molar-refractivity contribution in [3.05, 3.63) is 0 Å². The van der Waals surface area contributed by atoms with Crippen LogP contribution < -0.4 is 0 Å². The monoisotopic (exact) mass is 304 g/mol. The molecule has 0 aromatic carbocycles. The highest BCUT2D eigenvalue weighted by Crippen LogP contribution is 2.39. The van der Waals surface area contributed by atoms with Crippen molar-refractivity contribution in [2.24, 2.45) is 5.41 Å². The first kappa shape index (κ1) is 19.8. The lowest BCUT2D eigenvalue weighted by Crippen LogP contribution is -2.55. The third-order valence-corrected chi connectivity index (χ3v) is 10.3. The zero-order valence-electron chi connectivity index (χ0n) is 14.2. The van der Waals surface area contributed by atoms with E-state index in [1.807, 2.05) is 33.9 Å². The maximum atomic E-state index is 11.9. The summed E-state index contributed by atoms with van der Waals surface area (Å²) < 4.78 is 0. The van der Waals surface area contributed by atoms with E-state index in [4.69, 9.17) is 0 Å². The Kier molecular flexibility index (Phi) is 6.19. The summed E-state index contributed by atoms with van der Waals surface area (Å²) in [5.41, 5.74) is -1.52. The Balaban J connectivity index is 4.87. The molecule has 0 heterocycles. The molecule has 3 N–H and O–H groups in total. The molecule has 0 aliphatic carbocycles. The minimum Gasteiger partial charge on any atom is -0.394 e. The van der Waals surface area contributed by atoms with E-state index in [9.17, 15) is 20.1 Å². The first-order valence-corrected chi connectivity index (χ1v) is 10.3. The lowest BCUT2D eigenvalue weighted by molar-refractivity contribution is -0.137. The second kappa shape index (κ2) is 6.26. The second-order valence-corrected chi connectivity index (χ2v) is 13.9. The van der Waals surface area contributed by atoms with Crippen LogP contribution in [0, 0.1) is 5.41 Å².